The van der Waals surface area contributed by atoms with E-state index in [2.05, 4.69) is 12.4 Å². The molecule has 2 aliphatic rings. The van der Waals surface area contributed by atoms with Gasteiger partial charge in [0.1, 0.15) is 0 Å². The monoisotopic (exact) mass is 211 g/mol. The Morgan fingerprint density at radius 3 is 2.33 bits per heavy atom. The normalized spacial score (nSPS) is 33.4. The molecule has 0 radical (unpaired) electrons. The van der Waals surface area contributed by atoms with Crippen molar-refractivity contribution in [3.8, 4) is 0 Å². The van der Waals surface area contributed by atoms with Crippen molar-refractivity contribution in [2.45, 2.75) is 64.4 Å². The van der Waals surface area contributed by atoms with Gasteiger partial charge in [0.15, 0.2) is 0 Å². The van der Waals surface area contributed by atoms with E-state index < -0.39 is 0 Å². The fourth-order valence-electron chi connectivity index (χ4n) is 2.82. The highest BCUT2D eigenvalue weighted by atomic mass is 16.7. The van der Waals surface area contributed by atoms with Crippen molar-refractivity contribution in [1.29, 1.82) is 0 Å². The molecule has 0 bridgehead atoms. The molecule has 0 heterocycles. The molecule has 0 spiro atoms. The van der Waals surface area contributed by atoms with E-state index in [9.17, 15) is 0 Å². The van der Waals surface area contributed by atoms with Crippen molar-refractivity contribution >= 4 is 0 Å². The van der Waals surface area contributed by atoms with E-state index in [0.29, 0.717) is 6.10 Å². The van der Waals surface area contributed by atoms with Crippen LogP contribution in [0.1, 0.15) is 58.3 Å². The molecule has 0 aromatic heterocycles. The fraction of sp³-hybridized carbons (Fsp3) is 1.00. The predicted octanol–water partition coefficient (Wildman–Crippen LogP) is 3.28. The smallest absolute Gasteiger partial charge is 0.0790 e. The van der Waals surface area contributed by atoms with Crippen LogP contribution in [0.5, 0.6) is 0 Å². The summed E-state index contributed by atoms with van der Waals surface area (Å²) in [6, 6.07) is 0. The van der Waals surface area contributed by atoms with Crippen molar-refractivity contribution in [2.75, 3.05) is 6.54 Å². The maximum absolute atomic E-state index is 5.68. The van der Waals surface area contributed by atoms with E-state index in [0.717, 1.165) is 18.4 Å². The predicted molar refractivity (Wildman–Crippen MR) is 62.5 cm³/mol. The van der Waals surface area contributed by atoms with Gasteiger partial charge in [-0.15, -0.1) is 0 Å². The van der Waals surface area contributed by atoms with Crippen LogP contribution in [0.3, 0.4) is 0 Å². The summed E-state index contributed by atoms with van der Waals surface area (Å²) in [6.07, 6.45) is 11.3. The van der Waals surface area contributed by atoms with Gasteiger partial charge in [0, 0.05) is 6.54 Å². The molecule has 2 aliphatic carbocycles. The number of hydrogen-bond donors (Lipinski definition) is 1. The van der Waals surface area contributed by atoms with Crippen LogP contribution in [-0.4, -0.2) is 12.6 Å². The third-order valence-corrected chi connectivity index (χ3v) is 4.06. The third kappa shape index (κ3) is 3.76. The summed E-state index contributed by atoms with van der Waals surface area (Å²) in [4.78, 5) is 5.68. The topological polar surface area (TPSA) is 21.3 Å². The number of nitrogens with one attached hydrogen (secondary N) is 1. The summed E-state index contributed by atoms with van der Waals surface area (Å²) in [7, 11) is 0. The van der Waals surface area contributed by atoms with E-state index in [1.54, 1.807) is 0 Å². The molecule has 0 aliphatic heterocycles. The summed E-state index contributed by atoms with van der Waals surface area (Å²) in [6.45, 7) is 3.45. The summed E-state index contributed by atoms with van der Waals surface area (Å²) in [5.41, 5.74) is 3.21. The lowest BCUT2D eigenvalue weighted by Crippen LogP contribution is -2.29. The van der Waals surface area contributed by atoms with E-state index in [1.807, 2.05) is 0 Å². The van der Waals surface area contributed by atoms with Gasteiger partial charge in [-0.25, -0.2) is 5.48 Å². The Kier molecular flexibility index (Phi) is 4.45. The van der Waals surface area contributed by atoms with E-state index in [1.165, 1.54) is 51.4 Å². The maximum Gasteiger partial charge on any atom is 0.0790 e. The largest absolute Gasteiger partial charge is 0.299 e. The van der Waals surface area contributed by atoms with Gasteiger partial charge in [0.2, 0.25) is 0 Å². The Morgan fingerprint density at radius 1 is 1.00 bits per heavy atom. The van der Waals surface area contributed by atoms with E-state index >= 15 is 0 Å². The van der Waals surface area contributed by atoms with Gasteiger partial charge in [0.05, 0.1) is 6.10 Å². The molecule has 2 rings (SSSR count). The van der Waals surface area contributed by atoms with Crippen LogP contribution in [0, 0.1) is 11.8 Å². The highest BCUT2D eigenvalue weighted by Gasteiger charge is 2.19. The molecule has 0 unspecified atom stereocenters. The number of hydroxylamine groups is 1. The summed E-state index contributed by atoms with van der Waals surface area (Å²) in [5, 5.41) is 0. The van der Waals surface area contributed by atoms with Crippen molar-refractivity contribution in [3.63, 3.8) is 0 Å². The van der Waals surface area contributed by atoms with Gasteiger partial charge in [-0.05, 0) is 37.5 Å². The fourth-order valence-corrected chi connectivity index (χ4v) is 2.82. The van der Waals surface area contributed by atoms with Crippen LogP contribution < -0.4 is 5.48 Å². The van der Waals surface area contributed by atoms with Crippen molar-refractivity contribution in [3.05, 3.63) is 0 Å². The molecular weight excluding hydrogens is 186 g/mol. The molecule has 2 fully saturated rings. The first kappa shape index (κ1) is 11.4. The molecule has 0 atom stereocenters. The SMILES string of the molecule is CC1CCC(CNOC2CCCC2)CC1. The van der Waals surface area contributed by atoms with Crippen molar-refractivity contribution < 1.29 is 4.84 Å². The standard InChI is InChI=1S/C13H25NO/c1-11-6-8-12(9-7-11)10-14-15-13-4-2-3-5-13/h11-14H,2-10H2,1H3. The number of rotatable bonds is 4. The minimum absolute atomic E-state index is 0.507. The zero-order valence-electron chi connectivity index (χ0n) is 10.0. The quantitative estimate of drug-likeness (QED) is 0.721. The van der Waals surface area contributed by atoms with Crippen LogP contribution in [-0.2, 0) is 4.84 Å². The molecule has 2 saturated carbocycles. The first-order valence-corrected chi connectivity index (χ1v) is 6.73. The molecule has 15 heavy (non-hydrogen) atoms. The zero-order chi connectivity index (χ0) is 10.5. The highest BCUT2D eigenvalue weighted by molar-refractivity contribution is 4.71. The van der Waals surface area contributed by atoms with Crippen LogP contribution in [0.25, 0.3) is 0 Å². The second-order valence-corrected chi connectivity index (χ2v) is 5.50. The molecule has 1 N–H and O–H groups in total. The Bertz CT molecular complexity index is 169. The van der Waals surface area contributed by atoms with Crippen LogP contribution in [0.15, 0.2) is 0 Å². The van der Waals surface area contributed by atoms with Crippen LogP contribution in [0.2, 0.25) is 0 Å². The Hall–Kier alpha value is -0.0800. The molecule has 2 heteroatoms. The first-order valence-electron chi connectivity index (χ1n) is 6.73. The molecule has 0 aromatic rings. The maximum atomic E-state index is 5.68. The molecule has 0 amide bonds. The summed E-state index contributed by atoms with van der Waals surface area (Å²) in [5.74, 6) is 1.82. The average molecular weight is 211 g/mol. The minimum atomic E-state index is 0.507. The summed E-state index contributed by atoms with van der Waals surface area (Å²) < 4.78 is 0. The second-order valence-electron chi connectivity index (χ2n) is 5.50. The second kappa shape index (κ2) is 5.86. The number of hydrogen-bond acceptors (Lipinski definition) is 2. The van der Waals surface area contributed by atoms with Crippen LogP contribution >= 0.6 is 0 Å². The molecular formula is C13H25NO. The lowest BCUT2D eigenvalue weighted by molar-refractivity contribution is -0.0293. The van der Waals surface area contributed by atoms with Gasteiger partial charge >= 0.3 is 0 Å². The molecule has 2 nitrogen and oxygen atoms in total. The Morgan fingerprint density at radius 2 is 1.67 bits per heavy atom. The third-order valence-electron chi connectivity index (χ3n) is 4.06. The zero-order valence-corrected chi connectivity index (χ0v) is 10.0. The average Bonchev–Trinajstić information content (AvgIpc) is 2.74. The molecule has 88 valence electrons. The van der Waals surface area contributed by atoms with E-state index in [-0.39, 0.29) is 0 Å². The van der Waals surface area contributed by atoms with Gasteiger partial charge in [-0.2, -0.15) is 0 Å². The van der Waals surface area contributed by atoms with E-state index in [4.69, 9.17) is 4.84 Å². The lowest BCUT2D eigenvalue weighted by atomic mass is 9.83. The Balaban J connectivity index is 1.53. The van der Waals surface area contributed by atoms with Gasteiger partial charge in [-0.3, -0.25) is 4.84 Å². The highest BCUT2D eigenvalue weighted by Crippen LogP contribution is 2.27. The van der Waals surface area contributed by atoms with Crippen LogP contribution in [0.4, 0.5) is 0 Å². The first-order chi connectivity index (χ1) is 7.34. The van der Waals surface area contributed by atoms with Gasteiger partial charge < -0.3 is 0 Å². The summed E-state index contributed by atoms with van der Waals surface area (Å²) >= 11 is 0. The van der Waals surface area contributed by atoms with Crippen molar-refractivity contribution in [2.24, 2.45) is 11.8 Å². The lowest BCUT2D eigenvalue weighted by Gasteiger charge is -2.26. The van der Waals surface area contributed by atoms with Crippen molar-refractivity contribution in [1.82, 2.24) is 5.48 Å². The van der Waals surface area contributed by atoms with Gasteiger partial charge in [0.25, 0.3) is 0 Å². The molecule has 0 saturated heterocycles. The minimum Gasteiger partial charge on any atom is -0.299 e. The Labute approximate surface area is 93.7 Å². The van der Waals surface area contributed by atoms with Gasteiger partial charge in [-0.1, -0.05) is 32.6 Å². The molecule has 0 aromatic carbocycles.